The molecule has 6 rings (SSSR count). The van der Waals surface area contributed by atoms with Crippen LogP contribution in [0.25, 0.3) is 0 Å². The number of aliphatic hydroxyl groups excluding tert-OH is 1. The maximum absolute atomic E-state index is 13.4. The van der Waals surface area contributed by atoms with Gasteiger partial charge in [0.2, 0.25) is 12.7 Å². The van der Waals surface area contributed by atoms with E-state index in [1.165, 1.54) is 0 Å². The van der Waals surface area contributed by atoms with Crippen LogP contribution < -0.4 is 19.5 Å². The van der Waals surface area contributed by atoms with Crippen LogP contribution in [0.4, 0.5) is 5.82 Å². The summed E-state index contributed by atoms with van der Waals surface area (Å²) in [5, 5.41) is 12.4. The number of piperazine rings is 1. The fourth-order valence-electron chi connectivity index (χ4n) is 5.71. The Kier molecular flexibility index (Phi) is 7.12. The van der Waals surface area contributed by atoms with Gasteiger partial charge in [-0.3, -0.25) is 14.6 Å². The van der Waals surface area contributed by atoms with Gasteiger partial charge in [-0.05, 0) is 48.2 Å². The fourth-order valence-corrected chi connectivity index (χ4v) is 5.71. The molecule has 9 nitrogen and oxygen atoms in total. The van der Waals surface area contributed by atoms with E-state index in [9.17, 15) is 9.90 Å². The van der Waals surface area contributed by atoms with Crippen LogP contribution in [-0.4, -0.2) is 79.0 Å². The van der Waals surface area contributed by atoms with E-state index >= 15 is 0 Å². The molecule has 2 aliphatic heterocycles. The Bertz CT molecular complexity index is 1320. The van der Waals surface area contributed by atoms with Crippen LogP contribution in [0.3, 0.4) is 0 Å². The molecule has 2 aromatic carbocycles. The van der Waals surface area contributed by atoms with E-state index in [4.69, 9.17) is 14.2 Å². The van der Waals surface area contributed by atoms with Gasteiger partial charge in [0.15, 0.2) is 11.5 Å². The first kappa shape index (κ1) is 25.6. The number of carbonyl (C=O) groups is 1. The highest BCUT2D eigenvalue weighted by atomic mass is 16.7. The predicted molar refractivity (Wildman–Crippen MR) is 146 cm³/mol. The van der Waals surface area contributed by atoms with Gasteiger partial charge in [-0.15, -0.1) is 0 Å². The molecule has 1 saturated heterocycles. The lowest BCUT2D eigenvalue weighted by molar-refractivity contribution is -0.118. The normalized spacial score (nSPS) is 18.9. The number of aromatic nitrogens is 1. The summed E-state index contributed by atoms with van der Waals surface area (Å²) in [6, 6.07) is 17.7. The van der Waals surface area contributed by atoms with Crippen molar-refractivity contribution in [3.63, 3.8) is 0 Å². The van der Waals surface area contributed by atoms with Gasteiger partial charge in [-0.25, -0.2) is 4.98 Å². The van der Waals surface area contributed by atoms with Crippen molar-refractivity contribution >= 4 is 11.7 Å². The van der Waals surface area contributed by atoms with E-state index in [1.54, 1.807) is 7.11 Å². The molecule has 3 aromatic rings. The third kappa shape index (κ3) is 5.05. The topological polar surface area (TPSA) is 96.4 Å². The highest BCUT2D eigenvalue weighted by Crippen LogP contribution is 2.51. The van der Waals surface area contributed by atoms with E-state index in [1.807, 2.05) is 54.7 Å². The zero-order chi connectivity index (χ0) is 26.8. The number of anilines is 1. The lowest BCUT2D eigenvalue weighted by atomic mass is 9.94. The summed E-state index contributed by atoms with van der Waals surface area (Å²) in [6.07, 6.45) is 3.43. The lowest BCUT2D eigenvalue weighted by Crippen LogP contribution is -2.48. The Morgan fingerprint density at radius 1 is 1.08 bits per heavy atom. The molecule has 0 radical (unpaired) electrons. The molecular weight excluding hydrogens is 496 g/mol. The number of para-hydroxylation sites is 1. The zero-order valence-electron chi connectivity index (χ0n) is 22.1. The SMILES string of the molecule is COc1ccccc1C(c1ccc(NC(=O)C2(c3ccc4c(c3)OCO4)CC2)nc1)N1CCN(CCO)CC1. The smallest absolute Gasteiger partial charge is 0.236 e. The van der Waals surface area contributed by atoms with Crippen LogP contribution in [0.2, 0.25) is 0 Å². The molecule has 1 amide bonds. The van der Waals surface area contributed by atoms with Gasteiger partial charge in [0, 0.05) is 44.5 Å². The molecule has 0 bridgehead atoms. The van der Waals surface area contributed by atoms with Crippen molar-refractivity contribution in [2.75, 3.05) is 58.6 Å². The molecule has 1 aliphatic carbocycles. The minimum Gasteiger partial charge on any atom is -0.496 e. The molecular formula is C30H34N4O5. The Balaban J connectivity index is 1.21. The number of hydrogen-bond donors (Lipinski definition) is 2. The second kappa shape index (κ2) is 10.8. The Labute approximate surface area is 228 Å². The van der Waals surface area contributed by atoms with Crippen molar-refractivity contribution in [1.82, 2.24) is 14.8 Å². The summed E-state index contributed by atoms with van der Waals surface area (Å²) in [6.45, 7) is 4.56. The number of rotatable bonds is 9. The molecule has 0 spiro atoms. The molecule has 1 saturated carbocycles. The van der Waals surface area contributed by atoms with Gasteiger partial charge in [0.05, 0.1) is 25.2 Å². The summed E-state index contributed by atoms with van der Waals surface area (Å²) in [5.74, 6) is 2.71. The number of β-amino-alcohol motifs (C(OH)–C–C–N with tert-alkyl or cyclic N) is 1. The summed E-state index contributed by atoms with van der Waals surface area (Å²) in [5.41, 5.74) is 2.49. The molecule has 39 heavy (non-hydrogen) atoms. The molecule has 204 valence electrons. The number of carbonyl (C=O) groups excluding carboxylic acids is 1. The number of aliphatic hydroxyl groups is 1. The number of ether oxygens (including phenoxy) is 3. The van der Waals surface area contributed by atoms with Crippen molar-refractivity contribution in [2.45, 2.75) is 24.3 Å². The molecule has 9 heteroatoms. The number of amides is 1. The standard InChI is InChI=1S/C30H34N4O5/c1-37-24-5-3-2-4-23(24)28(34-14-12-33(13-15-34)16-17-35)21-6-9-27(31-19-21)32-29(36)30(10-11-30)22-7-8-25-26(18-22)39-20-38-25/h2-9,18-19,28,35H,10-17,20H2,1H3,(H,31,32,36). The molecule has 1 atom stereocenters. The van der Waals surface area contributed by atoms with Crippen molar-refractivity contribution in [2.24, 2.45) is 0 Å². The van der Waals surface area contributed by atoms with Crippen molar-refractivity contribution in [3.05, 3.63) is 77.5 Å². The summed E-state index contributed by atoms with van der Waals surface area (Å²) >= 11 is 0. The van der Waals surface area contributed by atoms with Crippen LogP contribution in [0, 0.1) is 0 Å². The number of nitrogens with zero attached hydrogens (tertiary/aromatic N) is 3. The second-order valence-electron chi connectivity index (χ2n) is 10.3. The molecule has 1 unspecified atom stereocenters. The Morgan fingerprint density at radius 2 is 1.87 bits per heavy atom. The summed E-state index contributed by atoms with van der Waals surface area (Å²) in [4.78, 5) is 22.8. The van der Waals surface area contributed by atoms with Crippen molar-refractivity contribution in [3.8, 4) is 17.2 Å². The van der Waals surface area contributed by atoms with Gasteiger partial charge in [0.1, 0.15) is 11.6 Å². The second-order valence-corrected chi connectivity index (χ2v) is 10.3. The molecule has 3 aliphatic rings. The summed E-state index contributed by atoms with van der Waals surface area (Å²) < 4.78 is 16.7. The van der Waals surface area contributed by atoms with Gasteiger partial charge in [0.25, 0.3) is 0 Å². The number of hydrogen-bond acceptors (Lipinski definition) is 8. The van der Waals surface area contributed by atoms with Gasteiger partial charge < -0.3 is 24.6 Å². The van der Waals surface area contributed by atoms with Crippen LogP contribution in [0.15, 0.2) is 60.8 Å². The maximum Gasteiger partial charge on any atom is 0.236 e. The number of pyridine rings is 1. The van der Waals surface area contributed by atoms with Crippen LogP contribution in [-0.2, 0) is 10.2 Å². The Morgan fingerprint density at radius 3 is 2.59 bits per heavy atom. The van der Waals surface area contributed by atoms with E-state index < -0.39 is 5.41 Å². The first-order valence-electron chi connectivity index (χ1n) is 13.5. The third-order valence-corrected chi connectivity index (χ3v) is 8.08. The first-order valence-corrected chi connectivity index (χ1v) is 13.5. The quantitative estimate of drug-likeness (QED) is 0.436. The van der Waals surface area contributed by atoms with E-state index in [0.717, 1.165) is 61.5 Å². The van der Waals surface area contributed by atoms with E-state index in [2.05, 4.69) is 26.2 Å². The van der Waals surface area contributed by atoms with Crippen LogP contribution >= 0.6 is 0 Å². The van der Waals surface area contributed by atoms with Crippen molar-refractivity contribution < 1.29 is 24.1 Å². The minimum atomic E-state index is -0.560. The molecule has 1 aromatic heterocycles. The minimum absolute atomic E-state index is 0.0434. The van der Waals surface area contributed by atoms with Gasteiger partial charge in [-0.2, -0.15) is 0 Å². The molecule has 2 fully saturated rings. The summed E-state index contributed by atoms with van der Waals surface area (Å²) in [7, 11) is 1.69. The largest absolute Gasteiger partial charge is 0.496 e. The maximum atomic E-state index is 13.4. The van der Waals surface area contributed by atoms with Crippen LogP contribution in [0.1, 0.15) is 35.6 Å². The first-order chi connectivity index (χ1) is 19.1. The zero-order valence-corrected chi connectivity index (χ0v) is 22.1. The number of fused-ring (bicyclic) bond motifs is 1. The van der Waals surface area contributed by atoms with Gasteiger partial charge in [-0.1, -0.05) is 30.3 Å². The van der Waals surface area contributed by atoms with E-state index in [0.29, 0.717) is 23.9 Å². The predicted octanol–water partition coefficient (Wildman–Crippen LogP) is 3.19. The third-order valence-electron chi connectivity index (χ3n) is 8.08. The van der Waals surface area contributed by atoms with Crippen molar-refractivity contribution in [1.29, 1.82) is 0 Å². The lowest BCUT2D eigenvalue weighted by Gasteiger charge is -2.39. The Hall–Kier alpha value is -3.66. The van der Waals surface area contributed by atoms with Crippen LogP contribution in [0.5, 0.6) is 17.2 Å². The van der Waals surface area contributed by atoms with E-state index in [-0.39, 0.29) is 25.3 Å². The molecule has 2 N–H and O–H groups in total. The highest BCUT2D eigenvalue weighted by molar-refractivity contribution is 6.01. The van der Waals surface area contributed by atoms with Gasteiger partial charge >= 0.3 is 0 Å². The molecule has 3 heterocycles. The highest BCUT2D eigenvalue weighted by Gasteiger charge is 2.51. The average molecular weight is 531 g/mol. The monoisotopic (exact) mass is 530 g/mol. The number of benzene rings is 2. The number of methoxy groups -OCH3 is 1. The fraction of sp³-hybridized carbons (Fsp3) is 0.400. The number of nitrogens with one attached hydrogen (secondary N) is 1. The average Bonchev–Trinajstić information content (AvgIpc) is 3.66.